The van der Waals surface area contributed by atoms with E-state index >= 15 is 0 Å². The summed E-state index contributed by atoms with van der Waals surface area (Å²) in [6, 6.07) is 5.45. The second kappa shape index (κ2) is 6.15. The second-order valence-electron chi connectivity index (χ2n) is 7.14. The third kappa shape index (κ3) is 3.09. The Morgan fingerprint density at radius 1 is 1.21 bits per heavy atom. The summed E-state index contributed by atoms with van der Waals surface area (Å²) in [7, 11) is -3.41. The van der Waals surface area contributed by atoms with Crippen LogP contribution in [-0.4, -0.2) is 38.3 Å². The lowest BCUT2D eigenvalue weighted by molar-refractivity contribution is -0.121. The Bertz CT molecular complexity index is 758. The smallest absolute Gasteiger partial charge is 0.221 e. The van der Waals surface area contributed by atoms with Gasteiger partial charge in [0.2, 0.25) is 5.91 Å². The van der Waals surface area contributed by atoms with E-state index in [4.69, 9.17) is 4.74 Å². The Labute approximate surface area is 142 Å². The molecule has 2 heterocycles. The highest BCUT2D eigenvalue weighted by molar-refractivity contribution is 7.91. The zero-order chi connectivity index (χ0) is 16.7. The third-order valence-corrected chi connectivity index (χ3v) is 7.19. The van der Waals surface area contributed by atoms with Crippen LogP contribution in [0.25, 0.3) is 0 Å². The van der Waals surface area contributed by atoms with Gasteiger partial charge in [-0.25, -0.2) is 8.42 Å². The maximum absolute atomic E-state index is 12.5. The van der Waals surface area contributed by atoms with Gasteiger partial charge < -0.3 is 10.1 Å². The standard InChI is InChI=1S/C18H23NO4S/c20-18(19-16-11-14-5-7-17(16)23-14)8-9-24(21,22)15-6-4-12-2-1-3-13(12)10-15/h4,6,10,14,16-17H,1-3,5,7-9,11H2,(H,19,20)/t14-,16+,17-/m1/s1. The molecule has 5 nitrogen and oxygen atoms in total. The van der Waals surface area contributed by atoms with Crippen molar-refractivity contribution in [2.24, 2.45) is 0 Å². The van der Waals surface area contributed by atoms with Crippen molar-refractivity contribution in [3.63, 3.8) is 0 Å². The summed E-state index contributed by atoms with van der Waals surface area (Å²) in [6.07, 6.45) is 6.39. The van der Waals surface area contributed by atoms with Gasteiger partial charge in [-0.3, -0.25) is 4.79 Å². The van der Waals surface area contributed by atoms with Crippen LogP contribution in [0.5, 0.6) is 0 Å². The molecule has 0 spiro atoms. The van der Waals surface area contributed by atoms with E-state index in [-0.39, 0.29) is 36.3 Å². The number of hydrogen-bond donors (Lipinski definition) is 1. The maximum atomic E-state index is 12.5. The molecule has 0 radical (unpaired) electrons. The van der Waals surface area contributed by atoms with Gasteiger partial charge >= 0.3 is 0 Å². The first-order valence-corrected chi connectivity index (χ1v) is 10.5. The first kappa shape index (κ1) is 16.1. The number of fused-ring (bicyclic) bond motifs is 3. The Morgan fingerprint density at radius 3 is 2.79 bits per heavy atom. The summed E-state index contributed by atoms with van der Waals surface area (Å²) >= 11 is 0. The minimum atomic E-state index is -3.41. The van der Waals surface area contributed by atoms with Crippen LogP contribution in [0.15, 0.2) is 23.1 Å². The number of rotatable bonds is 5. The van der Waals surface area contributed by atoms with Gasteiger partial charge in [0, 0.05) is 6.42 Å². The number of nitrogens with one attached hydrogen (secondary N) is 1. The third-order valence-electron chi connectivity index (χ3n) is 5.48. The van der Waals surface area contributed by atoms with Crippen LogP contribution in [0.4, 0.5) is 0 Å². The molecule has 1 N–H and O–H groups in total. The van der Waals surface area contributed by atoms with Crippen molar-refractivity contribution in [2.75, 3.05) is 5.75 Å². The van der Waals surface area contributed by atoms with Gasteiger partial charge in [-0.1, -0.05) is 6.07 Å². The SMILES string of the molecule is O=C(CCS(=O)(=O)c1ccc2c(c1)CCC2)N[C@H]1C[C@H]2CC[C@H]1O2. The number of amides is 1. The van der Waals surface area contributed by atoms with Crippen LogP contribution in [-0.2, 0) is 32.2 Å². The van der Waals surface area contributed by atoms with Crippen molar-refractivity contribution in [2.45, 2.75) is 68.1 Å². The van der Waals surface area contributed by atoms with Crippen molar-refractivity contribution in [1.82, 2.24) is 5.32 Å². The molecule has 1 aliphatic carbocycles. The summed E-state index contributed by atoms with van der Waals surface area (Å²) in [4.78, 5) is 12.5. The number of hydrogen-bond acceptors (Lipinski definition) is 4. The first-order valence-electron chi connectivity index (χ1n) is 8.81. The quantitative estimate of drug-likeness (QED) is 0.879. The molecule has 130 valence electrons. The summed E-state index contributed by atoms with van der Waals surface area (Å²) in [5, 5.41) is 2.95. The summed E-state index contributed by atoms with van der Waals surface area (Å²) in [5.74, 6) is -0.333. The average molecular weight is 349 g/mol. The van der Waals surface area contributed by atoms with Gasteiger partial charge in [-0.15, -0.1) is 0 Å². The van der Waals surface area contributed by atoms with Crippen molar-refractivity contribution in [3.05, 3.63) is 29.3 Å². The van der Waals surface area contributed by atoms with E-state index in [1.165, 1.54) is 5.56 Å². The van der Waals surface area contributed by atoms with Crippen LogP contribution in [0.1, 0.15) is 43.2 Å². The topological polar surface area (TPSA) is 72.5 Å². The molecular weight excluding hydrogens is 326 g/mol. The monoisotopic (exact) mass is 349 g/mol. The molecule has 1 aromatic rings. The zero-order valence-electron chi connectivity index (χ0n) is 13.7. The van der Waals surface area contributed by atoms with E-state index in [1.807, 2.05) is 6.07 Å². The molecule has 0 unspecified atom stereocenters. The van der Waals surface area contributed by atoms with Crippen LogP contribution < -0.4 is 5.32 Å². The largest absolute Gasteiger partial charge is 0.373 e. The number of aryl methyl sites for hydroxylation is 2. The molecule has 2 saturated heterocycles. The molecule has 3 atom stereocenters. The highest BCUT2D eigenvalue weighted by atomic mass is 32.2. The minimum absolute atomic E-state index is 0.00725. The molecule has 6 heteroatoms. The zero-order valence-corrected chi connectivity index (χ0v) is 14.5. The highest BCUT2D eigenvalue weighted by Crippen LogP contribution is 2.34. The van der Waals surface area contributed by atoms with E-state index in [2.05, 4.69) is 5.32 Å². The van der Waals surface area contributed by atoms with Crippen molar-refractivity contribution in [1.29, 1.82) is 0 Å². The number of carbonyl (C=O) groups excluding carboxylic acids is 1. The Kier molecular flexibility index (Phi) is 4.12. The molecule has 1 amide bonds. The summed E-state index contributed by atoms with van der Waals surface area (Å²) in [5.41, 5.74) is 2.39. The van der Waals surface area contributed by atoms with Gasteiger partial charge in [-0.05, 0) is 61.8 Å². The lowest BCUT2D eigenvalue weighted by Gasteiger charge is -2.20. The Morgan fingerprint density at radius 2 is 2.04 bits per heavy atom. The van der Waals surface area contributed by atoms with Crippen molar-refractivity contribution >= 4 is 15.7 Å². The molecule has 24 heavy (non-hydrogen) atoms. The Balaban J connectivity index is 1.35. The highest BCUT2D eigenvalue weighted by Gasteiger charge is 2.41. The van der Waals surface area contributed by atoms with Crippen LogP contribution >= 0.6 is 0 Å². The van der Waals surface area contributed by atoms with Crippen molar-refractivity contribution < 1.29 is 17.9 Å². The molecule has 2 aliphatic heterocycles. The van der Waals surface area contributed by atoms with Crippen LogP contribution in [0.3, 0.4) is 0 Å². The predicted octanol–water partition coefficient (Wildman–Crippen LogP) is 1.78. The molecule has 0 saturated carbocycles. The van der Waals surface area contributed by atoms with Gasteiger partial charge in [-0.2, -0.15) is 0 Å². The fraction of sp³-hybridized carbons (Fsp3) is 0.611. The van der Waals surface area contributed by atoms with Gasteiger partial charge in [0.15, 0.2) is 9.84 Å². The van der Waals surface area contributed by atoms with E-state index in [0.29, 0.717) is 4.90 Å². The maximum Gasteiger partial charge on any atom is 0.221 e. The van der Waals surface area contributed by atoms with E-state index in [1.54, 1.807) is 12.1 Å². The predicted molar refractivity (Wildman–Crippen MR) is 89.6 cm³/mol. The summed E-state index contributed by atoms with van der Waals surface area (Å²) < 4.78 is 30.7. The molecule has 2 fully saturated rings. The number of ether oxygens (including phenoxy) is 1. The van der Waals surface area contributed by atoms with Crippen LogP contribution in [0.2, 0.25) is 0 Å². The Hall–Kier alpha value is -1.40. The lowest BCUT2D eigenvalue weighted by atomic mass is 9.95. The molecule has 2 bridgehead atoms. The summed E-state index contributed by atoms with van der Waals surface area (Å²) in [6.45, 7) is 0. The van der Waals surface area contributed by atoms with Crippen LogP contribution in [0, 0.1) is 0 Å². The van der Waals surface area contributed by atoms with E-state index < -0.39 is 9.84 Å². The molecule has 4 rings (SSSR count). The van der Waals surface area contributed by atoms with Gasteiger partial charge in [0.25, 0.3) is 0 Å². The minimum Gasteiger partial charge on any atom is -0.373 e. The fourth-order valence-electron chi connectivity index (χ4n) is 4.16. The molecule has 3 aliphatic rings. The van der Waals surface area contributed by atoms with Gasteiger partial charge in [0.05, 0.1) is 28.9 Å². The lowest BCUT2D eigenvalue weighted by Crippen LogP contribution is -2.41. The fourth-order valence-corrected chi connectivity index (χ4v) is 5.44. The first-order chi connectivity index (χ1) is 11.5. The van der Waals surface area contributed by atoms with Gasteiger partial charge in [0.1, 0.15) is 0 Å². The molecular formula is C18H23NO4S. The van der Waals surface area contributed by atoms with E-state index in [0.717, 1.165) is 44.1 Å². The molecule has 1 aromatic carbocycles. The number of benzene rings is 1. The van der Waals surface area contributed by atoms with E-state index in [9.17, 15) is 13.2 Å². The number of carbonyl (C=O) groups is 1. The van der Waals surface area contributed by atoms with Crippen molar-refractivity contribution in [3.8, 4) is 0 Å². The number of sulfone groups is 1. The molecule has 0 aromatic heterocycles. The average Bonchev–Trinajstić information content (AvgIpc) is 3.28. The second-order valence-corrected chi connectivity index (χ2v) is 9.25. The normalized spacial score (nSPS) is 28.1.